The summed E-state index contributed by atoms with van der Waals surface area (Å²) in [6.07, 6.45) is -1.44. The molecule has 0 saturated heterocycles. The fourth-order valence-corrected chi connectivity index (χ4v) is 4.12. The van der Waals surface area contributed by atoms with Crippen LogP contribution in [0.3, 0.4) is 0 Å². The van der Waals surface area contributed by atoms with Gasteiger partial charge in [-0.15, -0.1) is 13.2 Å². The number of hydrogen-bond acceptors (Lipinski definition) is 5. The van der Waals surface area contributed by atoms with E-state index < -0.39 is 6.36 Å². The normalized spacial score (nSPS) is 13.9. The van der Waals surface area contributed by atoms with Crippen LogP contribution in [-0.4, -0.2) is 15.7 Å². The van der Waals surface area contributed by atoms with Crippen molar-refractivity contribution in [2.24, 2.45) is 0 Å². The third-order valence-corrected chi connectivity index (χ3v) is 5.55. The number of aromatic nitrogens is 1. The van der Waals surface area contributed by atoms with E-state index in [1.54, 1.807) is 18.5 Å². The van der Waals surface area contributed by atoms with Gasteiger partial charge in [-0.25, -0.2) is 4.31 Å². The van der Waals surface area contributed by atoms with Crippen molar-refractivity contribution in [3.63, 3.8) is 0 Å². The average molecular weight is 439 g/mol. The average Bonchev–Trinajstić information content (AvgIpc) is 3.06. The molecular weight excluding hydrogens is 425 g/mol. The number of pyridine rings is 1. The standard InChI is InChI=1S/C20H14ClF3N2O2S/c21-18-5-3-16(28-20(22,23)24)8-13(18)11-26-12-14-9-15(4-6-19(14)29-26)27-17-2-1-7-25-10-17/h1-10H,11-12H2. The molecule has 0 spiro atoms. The molecule has 0 saturated carbocycles. The monoisotopic (exact) mass is 438 g/mol. The van der Waals surface area contributed by atoms with E-state index in [1.807, 2.05) is 28.6 Å². The van der Waals surface area contributed by atoms with Crippen molar-refractivity contribution in [1.82, 2.24) is 9.29 Å². The predicted octanol–water partition coefficient (Wildman–Crippen LogP) is 6.45. The Morgan fingerprint density at radius 2 is 1.90 bits per heavy atom. The summed E-state index contributed by atoms with van der Waals surface area (Å²) in [5, 5.41) is 0.386. The second-order valence-corrected chi connectivity index (χ2v) is 7.80. The van der Waals surface area contributed by atoms with E-state index >= 15 is 0 Å². The van der Waals surface area contributed by atoms with Crippen LogP contribution in [-0.2, 0) is 13.1 Å². The van der Waals surface area contributed by atoms with Crippen LogP contribution in [0.1, 0.15) is 11.1 Å². The van der Waals surface area contributed by atoms with Crippen molar-refractivity contribution in [2.75, 3.05) is 0 Å². The summed E-state index contributed by atoms with van der Waals surface area (Å²) in [7, 11) is 0. The van der Waals surface area contributed by atoms with E-state index in [-0.39, 0.29) is 5.75 Å². The van der Waals surface area contributed by atoms with Gasteiger partial charge in [-0.3, -0.25) is 4.98 Å². The fraction of sp³-hybridized carbons (Fsp3) is 0.150. The lowest BCUT2D eigenvalue weighted by molar-refractivity contribution is -0.274. The number of ether oxygens (including phenoxy) is 2. The fourth-order valence-electron chi connectivity index (χ4n) is 2.88. The van der Waals surface area contributed by atoms with Gasteiger partial charge in [-0.1, -0.05) is 11.6 Å². The van der Waals surface area contributed by atoms with Crippen molar-refractivity contribution in [2.45, 2.75) is 24.3 Å². The van der Waals surface area contributed by atoms with Crippen LogP contribution in [0, 0.1) is 0 Å². The van der Waals surface area contributed by atoms with E-state index in [4.69, 9.17) is 16.3 Å². The van der Waals surface area contributed by atoms with Crippen molar-refractivity contribution in [3.05, 3.63) is 77.1 Å². The Bertz CT molecular complexity index is 1020. The Morgan fingerprint density at radius 3 is 2.66 bits per heavy atom. The number of benzene rings is 2. The molecule has 0 aliphatic carbocycles. The van der Waals surface area contributed by atoms with E-state index in [1.165, 1.54) is 30.1 Å². The highest BCUT2D eigenvalue weighted by Crippen LogP contribution is 2.40. The molecule has 1 aliphatic rings. The van der Waals surface area contributed by atoms with Gasteiger partial charge < -0.3 is 9.47 Å². The molecule has 0 atom stereocenters. The van der Waals surface area contributed by atoms with Crippen LogP contribution < -0.4 is 9.47 Å². The Kier molecular flexibility index (Phi) is 5.58. The van der Waals surface area contributed by atoms with E-state index in [9.17, 15) is 13.2 Å². The van der Waals surface area contributed by atoms with E-state index in [0.29, 0.717) is 35.2 Å². The maximum atomic E-state index is 12.5. The molecular formula is C20H14ClF3N2O2S. The second kappa shape index (κ2) is 8.14. The first-order chi connectivity index (χ1) is 13.9. The van der Waals surface area contributed by atoms with Gasteiger partial charge in [0.1, 0.15) is 17.2 Å². The minimum absolute atomic E-state index is 0.286. The highest BCUT2D eigenvalue weighted by atomic mass is 35.5. The molecule has 2 aromatic carbocycles. The number of alkyl halides is 3. The zero-order chi connectivity index (χ0) is 20.4. The summed E-state index contributed by atoms with van der Waals surface area (Å²) in [5.41, 5.74) is 1.62. The van der Waals surface area contributed by atoms with Crippen LogP contribution >= 0.6 is 23.5 Å². The first-order valence-corrected chi connectivity index (χ1v) is 9.69. The van der Waals surface area contributed by atoms with Crippen LogP contribution in [0.15, 0.2) is 65.8 Å². The first kappa shape index (κ1) is 19.9. The van der Waals surface area contributed by atoms with Gasteiger partial charge >= 0.3 is 6.36 Å². The van der Waals surface area contributed by atoms with Gasteiger partial charge in [0.05, 0.1) is 6.20 Å². The largest absolute Gasteiger partial charge is 0.573 e. The Hall–Kier alpha value is -2.42. The molecule has 150 valence electrons. The molecule has 0 N–H and O–H groups in total. The van der Waals surface area contributed by atoms with Gasteiger partial charge in [-0.2, -0.15) is 0 Å². The molecule has 3 aromatic rings. The summed E-state index contributed by atoms with van der Waals surface area (Å²) in [6.45, 7) is 0.969. The quantitative estimate of drug-likeness (QED) is 0.428. The summed E-state index contributed by atoms with van der Waals surface area (Å²) in [4.78, 5) is 5.08. The molecule has 0 amide bonds. The van der Waals surface area contributed by atoms with Gasteiger partial charge in [-0.05, 0) is 71.6 Å². The molecule has 0 radical (unpaired) electrons. The topological polar surface area (TPSA) is 34.6 Å². The predicted molar refractivity (Wildman–Crippen MR) is 104 cm³/mol. The highest BCUT2D eigenvalue weighted by molar-refractivity contribution is 7.97. The smallest absolute Gasteiger partial charge is 0.456 e. The van der Waals surface area contributed by atoms with Crippen LogP contribution in [0.25, 0.3) is 0 Å². The van der Waals surface area contributed by atoms with Gasteiger partial charge in [0, 0.05) is 29.2 Å². The minimum atomic E-state index is -4.74. The molecule has 29 heavy (non-hydrogen) atoms. The third-order valence-electron chi connectivity index (χ3n) is 4.07. The summed E-state index contributed by atoms with van der Waals surface area (Å²) in [6, 6.07) is 13.3. The lowest BCUT2D eigenvalue weighted by atomic mass is 10.2. The zero-order valence-electron chi connectivity index (χ0n) is 14.8. The molecule has 9 heteroatoms. The van der Waals surface area contributed by atoms with Gasteiger partial charge in [0.15, 0.2) is 0 Å². The summed E-state index contributed by atoms with van der Waals surface area (Å²) in [5.74, 6) is 1.05. The van der Waals surface area contributed by atoms with Crippen molar-refractivity contribution in [3.8, 4) is 17.2 Å². The number of halogens is 4. The van der Waals surface area contributed by atoms with Crippen molar-refractivity contribution >= 4 is 23.5 Å². The molecule has 1 aliphatic heterocycles. The summed E-state index contributed by atoms with van der Waals surface area (Å²) >= 11 is 7.69. The molecule has 4 rings (SSSR count). The number of fused-ring (bicyclic) bond motifs is 1. The Morgan fingerprint density at radius 1 is 1.07 bits per heavy atom. The molecule has 2 heterocycles. The van der Waals surface area contributed by atoms with Crippen LogP contribution in [0.5, 0.6) is 17.2 Å². The van der Waals surface area contributed by atoms with Crippen LogP contribution in [0.4, 0.5) is 13.2 Å². The lowest BCUT2D eigenvalue weighted by Gasteiger charge is -2.16. The first-order valence-electron chi connectivity index (χ1n) is 8.54. The van der Waals surface area contributed by atoms with E-state index in [0.717, 1.165) is 10.5 Å². The minimum Gasteiger partial charge on any atom is -0.456 e. The van der Waals surface area contributed by atoms with Crippen molar-refractivity contribution in [1.29, 1.82) is 0 Å². The maximum Gasteiger partial charge on any atom is 0.573 e. The molecule has 1 aromatic heterocycles. The number of rotatable bonds is 5. The maximum absolute atomic E-state index is 12.5. The summed E-state index contributed by atoms with van der Waals surface area (Å²) < 4.78 is 49.2. The lowest BCUT2D eigenvalue weighted by Crippen LogP contribution is -2.17. The Labute approximate surface area is 174 Å². The number of hydrogen-bond donors (Lipinski definition) is 0. The molecule has 4 nitrogen and oxygen atoms in total. The third kappa shape index (κ3) is 5.14. The Balaban J connectivity index is 1.45. The highest BCUT2D eigenvalue weighted by Gasteiger charge is 2.31. The molecule has 0 fully saturated rings. The van der Waals surface area contributed by atoms with Crippen LogP contribution in [0.2, 0.25) is 5.02 Å². The number of nitrogens with zero attached hydrogens (tertiary/aromatic N) is 2. The zero-order valence-corrected chi connectivity index (χ0v) is 16.4. The van der Waals surface area contributed by atoms with Gasteiger partial charge in [0.2, 0.25) is 0 Å². The molecule has 0 bridgehead atoms. The second-order valence-electron chi connectivity index (χ2n) is 6.25. The van der Waals surface area contributed by atoms with Crippen molar-refractivity contribution < 1.29 is 22.6 Å². The SMILES string of the molecule is FC(F)(F)Oc1ccc(Cl)c(CN2Cc3cc(Oc4cccnc4)ccc3S2)c1. The molecule has 0 unspecified atom stereocenters. The van der Waals surface area contributed by atoms with E-state index in [2.05, 4.69) is 9.72 Å². The van der Waals surface area contributed by atoms with Gasteiger partial charge in [0.25, 0.3) is 0 Å².